The smallest absolute Gasteiger partial charge is 0.200 e. The quantitative estimate of drug-likeness (QED) is 0.694. The molecule has 4 heteroatoms. The fraction of sp³-hybridized carbons (Fsp3) is 0.400. The molecule has 0 amide bonds. The number of phenolic OH excluding ortho intramolecular Hbond substituents is 1. The van der Waals surface area contributed by atoms with E-state index in [-0.39, 0.29) is 5.75 Å². The first-order chi connectivity index (χ1) is 6.79. The molecule has 1 rings (SSSR count). The second-order valence-electron chi connectivity index (χ2n) is 2.80. The minimum absolute atomic E-state index is 0.0343. The Kier molecular flexibility index (Phi) is 4.07. The van der Waals surface area contributed by atoms with Crippen LogP contribution in [0.25, 0.3) is 0 Å². The normalized spacial score (nSPS) is 9.86. The molecular formula is C10H15NO3. The van der Waals surface area contributed by atoms with Gasteiger partial charge >= 0.3 is 0 Å². The van der Waals surface area contributed by atoms with E-state index in [9.17, 15) is 5.11 Å². The summed E-state index contributed by atoms with van der Waals surface area (Å²) >= 11 is 0. The lowest BCUT2D eigenvalue weighted by atomic mass is 10.3. The van der Waals surface area contributed by atoms with Crippen LogP contribution in [-0.4, -0.2) is 25.4 Å². The first-order valence-electron chi connectivity index (χ1n) is 4.48. The van der Waals surface area contributed by atoms with Gasteiger partial charge in [-0.1, -0.05) is 6.07 Å². The van der Waals surface area contributed by atoms with Gasteiger partial charge in [-0.2, -0.15) is 0 Å². The number of phenols is 1. The number of hydrogen-bond acceptors (Lipinski definition) is 4. The van der Waals surface area contributed by atoms with Crippen molar-refractivity contribution in [2.45, 2.75) is 6.42 Å². The molecule has 0 spiro atoms. The van der Waals surface area contributed by atoms with Gasteiger partial charge in [0.2, 0.25) is 5.75 Å². The maximum absolute atomic E-state index is 9.61. The Hall–Kier alpha value is -1.42. The third-order valence-corrected chi connectivity index (χ3v) is 1.79. The van der Waals surface area contributed by atoms with Crippen LogP contribution in [0.1, 0.15) is 6.42 Å². The molecule has 78 valence electrons. The van der Waals surface area contributed by atoms with Crippen molar-refractivity contribution in [2.24, 2.45) is 5.73 Å². The third kappa shape index (κ3) is 2.53. The molecule has 0 aliphatic carbocycles. The number of methoxy groups -OCH3 is 1. The predicted molar refractivity (Wildman–Crippen MR) is 53.8 cm³/mol. The van der Waals surface area contributed by atoms with Gasteiger partial charge in [0.25, 0.3) is 0 Å². The van der Waals surface area contributed by atoms with Crippen molar-refractivity contribution in [1.29, 1.82) is 0 Å². The van der Waals surface area contributed by atoms with E-state index in [0.717, 1.165) is 6.42 Å². The summed E-state index contributed by atoms with van der Waals surface area (Å²) in [4.78, 5) is 0. The first kappa shape index (κ1) is 10.7. The van der Waals surface area contributed by atoms with E-state index < -0.39 is 0 Å². The van der Waals surface area contributed by atoms with Gasteiger partial charge in [-0.15, -0.1) is 0 Å². The summed E-state index contributed by atoms with van der Waals surface area (Å²) in [5.74, 6) is 0.875. The lowest BCUT2D eigenvalue weighted by Gasteiger charge is -2.09. The number of ether oxygens (including phenoxy) is 2. The molecule has 0 aliphatic rings. The largest absolute Gasteiger partial charge is 0.502 e. The monoisotopic (exact) mass is 197 g/mol. The number of rotatable bonds is 5. The van der Waals surface area contributed by atoms with Crippen molar-refractivity contribution in [3.05, 3.63) is 18.2 Å². The van der Waals surface area contributed by atoms with E-state index in [1.807, 2.05) is 0 Å². The Bertz CT molecular complexity index is 289. The van der Waals surface area contributed by atoms with Gasteiger partial charge in [0.15, 0.2) is 11.5 Å². The van der Waals surface area contributed by atoms with Gasteiger partial charge in [0.1, 0.15) is 0 Å². The standard InChI is InChI=1S/C10H15NO3/c1-13-8-4-2-5-9(10(8)12)14-7-3-6-11/h2,4-5,12H,3,6-7,11H2,1H3. The van der Waals surface area contributed by atoms with E-state index in [1.54, 1.807) is 18.2 Å². The molecule has 0 atom stereocenters. The molecular weight excluding hydrogens is 182 g/mol. The average Bonchev–Trinajstić information content (AvgIpc) is 2.21. The van der Waals surface area contributed by atoms with Crippen LogP contribution in [0, 0.1) is 0 Å². The van der Waals surface area contributed by atoms with Gasteiger partial charge in [0, 0.05) is 0 Å². The van der Waals surface area contributed by atoms with Crippen LogP contribution in [0.5, 0.6) is 17.2 Å². The molecule has 14 heavy (non-hydrogen) atoms. The Morgan fingerprint density at radius 2 is 2.07 bits per heavy atom. The number of para-hydroxylation sites is 1. The zero-order valence-corrected chi connectivity index (χ0v) is 8.19. The summed E-state index contributed by atoms with van der Waals surface area (Å²) < 4.78 is 10.2. The first-order valence-corrected chi connectivity index (χ1v) is 4.48. The SMILES string of the molecule is COc1cccc(OCCCN)c1O. The van der Waals surface area contributed by atoms with Gasteiger partial charge in [-0.05, 0) is 25.1 Å². The zero-order valence-electron chi connectivity index (χ0n) is 8.19. The minimum Gasteiger partial charge on any atom is -0.502 e. The molecule has 1 aromatic carbocycles. The second kappa shape index (κ2) is 5.34. The highest BCUT2D eigenvalue weighted by molar-refractivity contribution is 5.49. The van der Waals surface area contributed by atoms with Crippen molar-refractivity contribution in [3.63, 3.8) is 0 Å². The summed E-state index contributed by atoms with van der Waals surface area (Å²) in [6.07, 6.45) is 0.761. The molecule has 0 saturated heterocycles. The van der Waals surface area contributed by atoms with Crippen LogP contribution in [0.15, 0.2) is 18.2 Å². The van der Waals surface area contributed by atoms with Crippen LogP contribution in [0.3, 0.4) is 0 Å². The fourth-order valence-corrected chi connectivity index (χ4v) is 1.05. The fourth-order valence-electron chi connectivity index (χ4n) is 1.05. The minimum atomic E-state index is 0.0343. The van der Waals surface area contributed by atoms with Gasteiger partial charge in [0.05, 0.1) is 13.7 Å². The van der Waals surface area contributed by atoms with Crippen LogP contribution in [-0.2, 0) is 0 Å². The molecule has 1 aromatic rings. The van der Waals surface area contributed by atoms with E-state index in [1.165, 1.54) is 7.11 Å². The zero-order chi connectivity index (χ0) is 10.4. The Balaban J connectivity index is 2.66. The lowest BCUT2D eigenvalue weighted by Crippen LogP contribution is -2.06. The van der Waals surface area contributed by atoms with Crippen molar-refractivity contribution in [2.75, 3.05) is 20.3 Å². The van der Waals surface area contributed by atoms with Gasteiger partial charge in [-0.3, -0.25) is 0 Å². The summed E-state index contributed by atoms with van der Waals surface area (Å²) in [5, 5.41) is 9.61. The van der Waals surface area contributed by atoms with Crippen molar-refractivity contribution in [1.82, 2.24) is 0 Å². The van der Waals surface area contributed by atoms with Crippen LogP contribution >= 0.6 is 0 Å². The van der Waals surface area contributed by atoms with E-state index in [2.05, 4.69) is 0 Å². The van der Waals surface area contributed by atoms with E-state index in [4.69, 9.17) is 15.2 Å². The highest BCUT2D eigenvalue weighted by atomic mass is 16.5. The highest BCUT2D eigenvalue weighted by Crippen LogP contribution is 2.35. The van der Waals surface area contributed by atoms with Gasteiger partial charge in [-0.25, -0.2) is 0 Å². The number of benzene rings is 1. The van der Waals surface area contributed by atoms with E-state index in [0.29, 0.717) is 24.7 Å². The van der Waals surface area contributed by atoms with E-state index >= 15 is 0 Å². The Labute approximate surface area is 83.3 Å². The average molecular weight is 197 g/mol. The Morgan fingerprint density at radius 3 is 2.71 bits per heavy atom. The van der Waals surface area contributed by atoms with Crippen molar-refractivity contribution < 1.29 is 14.6 Å². The van der Waals surface area contributed by atoms with Crippen LogP contribution in [0.4, 0.5) is 0 Å². The summed E-state index contributed by atoms with van der Waals surface area (Å²) in [6.45, 7) is 1.07. The molecule has 0 aromatic heterocycles. The number of hydrogen-bond donors (Lipinski definition) is 2. The lowest BCUT2D eigenvalue weighted by molar-refractivity contribution is 0.287. The molecule has 3 N–H and O–H groups in total. The van der Waals surface area contributed by atoms with Crippen molar-refractivity contribution >= 4 is 0 Å². The van der Waals surface area contributed by atoms with Gasteiger partial charge < -0.3 is 20.3 Å². The number of nitrogens with two attached hydrogens (primary N) is 1. The molecule has 0 bridgehead atoms. The summed E-state index contributed by atoms with van der Waals surface area (Å²) in [5.41, 5.74) is 5.32. The maximum Gasteiger partial charge on any atom is 0.200 e. The third-order valence-electron chi connectivity index (χ3n) is 1.79. The van der Waals surface area contributed by atoms with Crippen LogP contribution in [0.2, 0.25) is 0 Å². The Morgan fingerprint density at radius 1 is 1.36 bits per heavy atom. The second-order valence-corrected chi connectivity index (χ2v) is 2.80. The molecule has 0 saturated carbocycles. The van der Waals surface area contributed by atoms with Crippen molar-refractivity contribution in [3.8, 4) is 17.2 Å². The highest BCUT2D eigenvalue weighted by Gasteiger charge is 2.07. The molecule has 0 heterocycles. The maximum atomic E-state index is 9.61. The predicted octanol–water partition coefficient (Wildman–Crippen LogP) is 1.13. The topological polar surface area (TPSA) is 64.7 Å². The molecule has 4 nitrogen and oxygen atoms in total. The molecule has 0 aliphatic heterocycles. The summed E-state index contributed by atoms with van der Waals surface area (Å²) in [6, 6.07) is 5.12. The summed E-state index contributed by atoms with van der Waals surface area (Å²) in [7, 11) is 1.50. The van der Waals surface area contributed by atoms with Crippen LogP contribution < -0.4 is 15.2 Å². The molecule has 0 fully saturated rings. The number of aromatic hydroxyl groups is 1. The molecule has 0 radical (unpaired) electrons. The molecule has 0 unspecified atom stereocenters.